The summed E-state index contributed by atoms with van der Waals surface area (Å²) in [4.78, 5) is 10.9. The highest BCUT2D eigenvalue weighted by Gasteiger charge is 2.33. The van der Waals surface area contributed by atoms with Crippen molar-refractivity contribution in [3.05, 3.63) is 0 Å². The van der Waals surface area contributed by atoms with Crippen molar-refractivity contribution in [1.82, 2.24) is 4.72 Å². The Morgan fingerprint density at radius 3 is 2.68 bits per heavy atom. The van der Waals surface area contributed by atoms with Crippen LogP contribution in [0.2, 0.25) is 0 Å². The normalized spacial score (nSPS) is 22.4. The molecular formula is C11H21NO6S. The van der Waals surface area contributed by atoms with Crippen LogP contribution < -0.4 is 4.72 Å². The molecule has 1 aliphatic rings. The molecule has 0 aliphatic carbocycles. The first-order valence-corrected chi connectivity index (χ1v) is 7.75. The molecule has 1 fully saturated rings. The number of hydrogen-bond donors (Lipinski definition) is 1. The van der Waals surface area contributed by atoms with Crippen molar-refractivity contribution in [2.45, 2.75) is 38.6 Å². The molecule has 0 amide bonds. The lowest BCUT2D eigenvalue weighted by atomic mass is 10.3. The third kappa shape index (κ3) is 6.33. The van der Waals surface area contributed by atoms with Crippen LogP contribution in [0.15, 0.2) is 0 Å². The molecule has 1 N–H and O–H groups in total. The number of carbonyl (C=O) groups excluding carboxylic acids is 1. The lowest BCUT2D eigenvalue weighted by Crippen LogP contribution is -2.35. The molecule has 19 heavy (non-hydrogen) atoms. The maximum absolute atomic E-state index is 11.7. The molecule has 8 heteroatoms. The lowest BCUT2D eigenvalue weighted by molar-refractivity contribution is -0.140. The summed E-state index contributed by atoms with van der Waals surface area (Å²) in [5, 5.41) is 0. The minimum Gasteiger partial charge on any atom is -0.469 e. The number of hydrogen-bond acceptors (Lipinski definition) is 6. The standard InChI is InChI=1S/C11H21NO6S/c1-11(2)17-8-9(18-11)7-12-19(14,15)6-4-5-10(13)16-3/h9,12H,4-8H2,1-3H3. The fourth-order valence-electron chi connectivity index (χ4n) is 1.66. The van der Waals surface area contributed by atoms with Crippen LogP contribution in [0.1, 0.15) is 26.7 Å². The number of esters is 1. The van der Waals surface area contributed by atoms with E-state index in [1.165, 1.54) is 7.11 Å². The van der Waals surface area contributed by atoms with Gasteiger partial charge in [-0.3, -0.25) is 4.79 Å². The van der Waals surface area contributed by atoms with Gasteiger partial charge >= 0.3 is 5.97 Å². The minimum atomic E-state index is -3.40. The molecular weight excluding hydrogens is 274 g/mol. The predicted molar refractivity (Wildman–Crippen MR) is 67.9 cm³/mol. The molecule has 0 aromatic rings. The summed E-state index contributed by atoms with van der Waals surface area (Å²) < 4.78 is 41.0. The maximum atomic E-state index is 11.7. The second-order valence-corrected chi connectivity index (χ2v) is 6.72. The zero-order chi connectivity index (χ0) is 14.5. The molecule has 0 saturated carbocycles. The van der Waals surface area contributed by atoms with E-state index in [2.05, 4.69) is 9.46 Å². The second-order valence-electron chi connectivity index (χ2n) is 4.80. The molecule has 7 nitrogen and oxygen atoms in total. The third-order valence-electron chi connectivity index (χ3n) is 2.62. The van der Waals surface area contributed by atoms with Crippen LogP contribution in [0, 0.1) is 0 Å². The highest BCUT2D eigenvalue weighted by Crippen LogP contribution is 2.21. The fraction of sp³-hybridized carbons (Fsp3) is 0.909. The van der Waals surface area contributed by atoms with Gasteiger partial charge in [0, 0.05) is 13.0 Å². The first kappa shape index (κ1) is 16.4. The Bertz CT molecular complexity index is 405. The summed E-state index contributed by atoms with van der Waals surface area (Å²) >= 11 is 0. The molecule has 1 heterocycles. The van der Waals surface area contributed by atoms with Gasteiger partial charge < -0.3 is 14.2 Å². The van der Waals surface area contributed by atoms with Crippen molar-refractivity contribution in [3.8, 4) is 0 Å². The summed E-state index contributed by atoms with van der Waals surface area (Å²) in [5.41, 5.74) is 0. The second kappa shape index (κ2) is 6.65. The summed E-state index contributed by atoms with van der Waals surface area (Å²) in [6, 6.07) is 0. The highest BCUT2D eigenvalue weighted by atomic mass is 32.2. The van der Waals surface area contributed by atoms with E-state index in [0.29, 0.717) is 6.61 Å². The van der Waals surface area contributed by atoms with E-state index in [1.807, 2.05) is 0 Å². The number of carbonyl (C=O) groups is 1. The Morgan fingerprint density at radius 1 is 1.47 bits per heavy atom. The summed E-state index contributed by atoms with van der Waals surface area (Å²) in [6.07, 6.45) is 0.0357. The first-order valence-electron chi connectivity index (χ1n) is 6.10. The van der Waals surface area contributed by atoms with Crippen molar-refractivity contribution in [1.29, 1.82) is 0 Å². The van der Waals surface area contributed by atoms with Gasteiger partial charge in [-0.2, -0.15) is 0 Å². The van der Waals surface area contributed by atoms with Gasteiger partial charge in [0.2, 0.25) is 10.0 Å². The molecule has 0 aromatic carbocycles. The Kier molecular flexibility index (Phi) is 5.72. The number of methoxy groups -OCH3 is 1. The Labute approximate surface area is 113 Å². The molecule has 0 spiro atoms. The minimum absolute atomic E-state index is 0.0908. The van der Waals surface area contributed by atoms with E-state index in [4.69, 9.17) is 9.47 Å². The van der Waals surface area contributed by atoms with Crippen molar-refractivity contribution in [3.63, 3.8) is 0 Å². The summed E-state index contributed by atoms with van der Waals surface area (Å²) in [5.74, 6) is -1.19. The van der Waals surface area contributed by atoms with Gasteiger partial charge in [0.1, 0.15) is 0 Å². The average molecular weight is 295 g/mol. The van der Waals surface area contributed by atoms with Crippen LogP contribution in [0.25, 0.3) is 0 Å². The topological polar surface area (TPSA) is 90.9 Å². The van der Waals surface area contributed by atoms with Gasteiger partial charge in [-0.05, 0) is 20.3 Å². The van der Waals surface area contributed by atoms with Gasteiger partial charge in [-0.15, -0.1) is 0 Å². The molecule has 1 aliphatic heterocycles. The molecule has 1 rings (SSSR count). The van der Waals surface area contributed by atoms with Gasteiger partial charge in [0.05, 0.1) is 25.6 Å². The average Bonchev–Trinajstić information content (AvgIpc) is 2.66. The number of sulfonamides is 1. The number of rotatable bonds is 7. The van der Waals surface area contributed by atoms with Gasteiger partial charge in [-0.1, -0.05) is 0 Å². The van der Waals surface area contributed by atoms with E-state index in [0.717, 1.165) is 0 Å². The molecule has 112 valence electrons. The van der Waals surface area contributed by atoms with Crippen LogP contribution in [0.3, 0.4) is 0 Å². The monoisotopic (exact) mass is 295 g/mol. The van der Waals surface area contributed by atoms with Crippen molar-refractivity contribution < 1.29 is 27.4 Å². The Morgan fingerprint density at radius 2 is 2.16 bits per heavy atom. The van der Waals surface area contributed by atoms with Crippen molar-refractivity contribution in [2.24, 2.45) is 0 Å². The predicted octanol–water partition coefficient (Wildman–Crippen LogP) is 0.0105. The van der Waals surface area contributed by atoms with Gasteiger partial charge in [0.25, 0.3) is 0 Å². The Hall–Kier alpha value is -0.700. The van der Waals surface area contributed by atoms with E-state index in [1.54, 1.807) is 13.8 Å². The molecule has 0 aromatic heterocycles. The molecule has 0 bridgehead atoms. The smallest absolute Gasteiger partial charge is 0.305 e. The quantitative estimate of drug-likeness (QED) is 0.665. The SMILES string of the molecule is COC(=O)CCCS(=O)(=O)NCC1COC(C)(C)O1. The summed E-state index contributed by atoms with van der Waals surface area (Å²) in [7, 11) is -2.13. The summed E-state index contributed by atoms with van der Waals surface area (Å²) in [6.45, 7) is 4.08. The molecule has 1 atom stereocenters. The zero-order valence-electron chi connectivity index (χ0n) is 11.5. The van der Waals surface area contributed by atoms with Crippen molar-refractivity contribution in [2.75, 3.05) is 26.0 Å². The fourth-order valence-corrected chi connectivity index (χ4v) is 2.77. The largest absolute Gasteiger partial charge is 0.469 e. The Balaban J connectivity index is 2.26. The molecule has 1 unspecified atom stereocenters. The first-order chi connectivity index (χ1) is 8.74. The van der Waals surface area contributed by atoms with E-state index >= 15 is 0 Å². The van der Waals surface area contributed by atoms with Crippen LogP contribution in [-0.4, -0.2) is 52.3 Å². The molecule has 0 radical (unpaired) electrons. The van der Waals surface area contributed by atoms with Crippen LogP contribution in [0.5, 0.6) is 0 Å². The van der Waals surface area contributed by atoms with Crippen LogP contribution >= 0.6 is 0 Å². The number of nitrogens with one attached hydrogen (secondary N) is 1. The highest BCUT2D eigenvalue weighted by molar-refractivity contribution is 7.89. The van der Waals surface area contributed by atoms with Gasteiger partial charge in [0.15, 0.2) is 5.79 Å². The van der Waals surface area contributed by atoms with E-state index < -0.39 is 21.8 Å². The lowest BCUT2D eigenvalue weighted by Gasteiger charge is -2.17. The molecule has 1 saturated heterocycles. The van der Waals surface area contributed by atoms with Crippen molar-refractivity contribution >= 4 is 16.0 Å². The number of ether oxygens (including phenoxy) is 3. The van der Waals surface area contributed by atoms with E-state index in [9.17, 15) is 13.2 Å². The van der Waals surface area contributed by atoms with Crippen LogP contribution in [-0.2, 0) is 29.0 Å². The van der Waals surface area contributed by atoms with E-state index in [-0.39, 0.29) is 31.2 Å². The third-order valence-corrected chi connectivity index (χ3v) is 4.05. The maximum Gasteiger partial charge on any atom is 0.305 e. The van der Waals surface area contributed by atoms with Crippen LogP contribution in [0.4, 0.5) is 0 Å². The zero-order valence-corrected chi connectivity index (χ0v) is 12.3. The van der Waals surface area contributed by atoms with Gasteiger partial charge in [-0.25, -0.2) is 13.1 Å².